The van der Waals surface area contributed by atoms with E-state index in [0.29, 0.717) is 11.3 Å². The van der Waals surface area contributed by atoms with Gasteiger partial charge in [-0.15, -0.1) is 0 Å². The van der Waals surface area contributed by atoms with Gasteiger partial charge in [0.05, 0.1) is 4.92 Å². The molecule has 1 aliphatic rings. The fraction of sp³-hybridized carbons (Fsp3) is 0.0400. The Hall–Kier alpha value is -4.52. The first-order chi connectivity index (χ1) is 15.5. The molecular formula is C25H18N2O5. The second-order valence-corrected chi connectivity index (χ2v) is 6.89. The van der Waals surface area contributed by atoms with Crippen molar-refractivity contribution in [1.82, 2.24) is 0 Å². The van der Waals surface area contributed by atoms with E-state index in [4.69, 9.17) is 9.47 Å². The molecule has 7 heteroatoms. The number of nitrogens with zero attached hydrogens (tertiary/aromatic N) is 2. The van der Waals surface area contributed by atoms with E-state index in [9.17, 15) is 14.9 Å². The molecule has 0 amide bonds. The molecule has 3 aromatic carbocycles. The van der Waals surface area contributed by atoms with E-state index < -0.39 is 10.9 Å². The van der Waals surface area contributed by atoms with Gasteiger partial charge in [0.1, 0.15) is 11.9 Å². The van der Waals surface area contributed by atoms with Gasteiger partial charge in [0, 0.05) is 17.7 Å². The van der Waals surface area contributed by atoms with E-state index in [2.05, 4.69) is 11.6 Å². The van der Waals surface area contributed by atoms with Crippen LogP contribution in [0.25, 0.3) is 6.08 Å². The summed E-state index contributed by atoms with van der Waals surface area (Å²) >= 11 is 0. The molecule has 0 saturated heterocycles. The van der Waals surface area contributed by atoms with Crippen molar-refractivity contribution in [1.29, 1.82) is 0 Å². The van der Waals surface area contributed by atoms with Gasteiger partial charge in [-0.05, 0) is 47.5 Å². The largest absolute Gasteiger partial charge is 0.482 e. The number of rotatable bonds is 7. The van der Waals surface area contributed by atoms with Crippen molar-refractivity contribution in [3.05, 3.63) is 124 Å². The Morgan fingerprint density at radius 1 is 1.00 bits per heavy atom. The van der Waals surface area contributed by atoms with Crippen LogP contribution in [0.5, 0.6) is 5.75 Å². The van der Waals surface area contributed by atoms with Crippen LogP contribution in [-0.4, -0.2) is 16.8 Å². The van der Waals surface area contributed by atoms with Gasteiger partial charge in [0.15, 0.2) is 5.70 Å². The van der Waals surface area contributed by atoms with Gasteiger partial charge in [-0.25, -0.2) is 9.79 Å². The normalized spacial score (nSPS) is 15.1. The van der Waals surface area contributed by atoms with Crippen molar-refractivity contribution in [2.45, 2.75) is 6.10 Å². The molecule has 0 aliphatic carbocycles. The Kier molecular flexibility index (Phi) is 5.89. The van der Waals surface area contributed by atoms with Gasteiger partial charge >= 0.3 is 5.97 Å². The molecule has 158 valence electrons. The minimum absolute atomic E-state index is 0.0531. The number of aliphatic imine (C=N–C) groups is 1. The highest BCUT2D eigenvalue weighted by atomic mass is 16.6. The predicted octanol–water partition coefficient (Wildman–Crippen LogP) is 5.25. The SMILES string of the molecule is C=CC(Oc1ccc(/C=C2\N=C(c3ccc([N+](=O)[O-])cc3)OC2=O)cc1)c1ccccc1. The number of carbonyl (C=O) groups excluding carboxylic acids is 1. The second kappa shape index (κ2) is 9.09. The number of esters is 1. The molecule has 0 saturated carbocycles. The molecule has 0 aromatic heterocycles. The van der Waals surface area contributed by atoms with E-state index >= 15 is 0 Å². The van der Waals surface area contributed by atoms with Crippen LogP contribution in [0.2, 0.25) is 0 Å². The Labute approximate surface area is 184 Å². The summed E-state index contributed by atoms with van der Waals surface area (Å²) in [6.45, 7) is 3.84. The highest BCUT2D eigenvalue weighted by Gasteiger charge is 2.24. The summed E-state index contributed by atoms with van der Waals surface area (Å²) in [7, 11) is 0. The lowest BCUT2D eigenvalue weighted by molar-refractivity contribution is -0.384. The van der Waals surface area contributed by atoms with Crippen molar-refractivity contribution in [2.24, 2.45) is 4.99 Å². The maximum atomic E-state index is 12.2. The van der Waals surface area contributed by atoms with E-state index in [1.54, 1.807) is 36.4 Å². The average Bonchev–Trinajstić information content (AvgIpc) is 3.19. The van der Waals surface area contributed by atoms with Gasteiger partial charge in [0.25, 0.3) is 5.69 Å². The molecular weight excluding hydrogens is 408 g/mol. The number of hydrogen-bond donors (Lipinski definition) is 0. The fourth-order valence-electron chi connectivity index (χ4n) is 3.10. The maximum absolute atomic E-state index is 12.2. The maximum Gasteiger partial charge on any atom is 0.363 e. The molecule has 1 heterocycles. The van der Waals surface area contributed by atoms with Crippen LogP contribution in [-0.2, 0) is 9.53 Å². The molecule has 3 aromatic rings. The number of carbonyl (C=O) groups is 1. The number of cyclic esters (lactones) is 1. The third kappa shape index (κ3) is 4.62. The molecule has 0 N–H and O–H groups in total. The van der Waals surface area contributed by atoms with Gasteiger partial charge in [0.2, 0.25) is 5.90 Å². The van der Waals surface area contributed by atoms with Crippen molar-refractivity contribution in [3.8, 4) is 5.75 Å². The first-order valence-electron chi connectivity index (χ1n) is 9.75. The van der Waals surface area contributed by atoms with Crippen LogP contribution >= 0.6 is 0 Å². The molecule has 1 unspecified atom stereocenters. The number of hydrogen-bond acceptors (Lipinski definition) is 6. The lowest BCUT2D eigenvalue weighted by atomic mass is 10.1. The monoisotopic (exact) mass is 426 g/mol. The van der Waals surface area contributed by atoms with E-state index in [1.165, 1.54) is 24.3 Å². The number of benzene rings is 3. The Morgan fingerprint density at radius 2 is 1.69 bits per heavy atom. The molecule has 32 heavy (non-hydrogen) atoms. The summed E-state index contributed by atoms with van der Waals surface area (Å²) in [6.07, 6.45) is 3.06. The van der Waals surface area contributed by atoms with Gasteiger partial charge in [-0.3, -0.25) is 10.1 Å². The number of nitro benzene ring substituents is 1. The smallest absolute Gasteiger partial charge is 0.363 e. The quantitative estimate of drug-likeness (QED) is 0.169. The fourth-order valence-corrected chi connectivity index (χ4v) is 3.10. The lowest BCUT2D eigenvalue weighted by Gasteiger charge is -2.16. The third-order valence-electron chi connectivity index (χ3n) is 4.73. The van der Waals surface area contributed by atoms with Crippen LogP contribution in [0, 0.1) is 10.1 Å². The molecule has 7 nitrogen and oxygen atoms in total. The molecule has 1 atom stereocenters. The molecule has 0 radical (unpaired) electrons. The summed E-state index contributed by atoms with van der Waals surface area (Å²) in [5.41, 5.74) is 2.30. The first-order valence-corrected chi connectivity index (χ1v) is 9.75. The molecule has 0 spiro atoms. The van der Waals surface area contributed by atoms with Crippen molar-refractivity contribution < 1.29 is 19.2 Å². The summed E-state index contributed by atoms with van der Waals surface area (Å²) in [5, 5.41) is 10.8. The first kappa shape index (κ1) is 20.7. The van der Waals surface area contributed by atoms with Crippen LogP contribution in [0.4, 0.5) is 5.69 Å². The standard InChI is InChI=1S/C25H18N2O5/c1-2-23(18-6-4-3-5-7-18)31-21-14-8-17(9-15-21)16-22-25(28)32-24(26-22)19-10-12-20(13-11-19)27(29)30/h2-16,23H,1H2/b22-16-. The summed E-state index contributed by atoms with van der Waals surface area (Å²) in [4.78, 5) is 26.7. The summed E-state index contributed by atoms with van der Waals surface area (Å²) < 4.78 is 11.2. The van der Waals surface area contributed by atoms with Crippen molar-refractivity contribution in [3.63, 3.8) is 0 Å². The summed E-state index contributed by atoms with van der Waals surface area (Å²) in [5.74, 6) is 0.173. The highest BCUT2D eigenvalue weighted by Crippen LogP contribution is 2.25. The van der Waals surface area contributed by atoms with Crippen LogP contribution < -0.4 is 4.74 Å². The lowest BCUT2D eigenvalue weighted by Crippen LogP contribution is -2.05. The van der Waals surface area contributed by atoms with Crippen LogP contribution in [0.15, 0.2) is 102 Å². The Bertz CT molecular complexity index is 1210. The number of non-ortho nitro benzene ring substituents is 1. The topological polar surface area (TPSA) is 91.0 Å². The third-order valence-corrected chi connectivity index (χ3v) is 4.73. The number of nitro groups is 1. The number of ether oxygens (including phenoxy) is 2. The highest BCUT2D eigenvalue weighted by molar-refractivity contribution is 6.12. The zero-order valence-corrected chi connectivity index (χ0v) is 16.9. The van der Waals surface area contributed by atoms with Gasteiger partial charge in [-0.2, -0.15) is 0 Å². The molecule has 0 bridgehead atoms. The van der Waals surface area contributed by atoms with E-state index in [-0.39, 0.29) is 23.4 Å². The minimum atomic E-state index is -0.588. The van der Waals surface area contributed by atoms with Gasteiger partial charge < -0.3 is 9.47 Å². The minimum Gasteiger partial charge on any atom is -0.482 e. The summed E-state index contributed by atoms with van der Waals surface area (Å²) in [6, 6.07) is 22.6. The van der Waals surface area contributed by atoms with Crippen LogP contribution in [0.3, 0.4) is 0 Å². The van der Waals surface area contributed by atoms with Crippen LogP contribution in [0.1, 0.15) is 22.8 Å². The van der Waals surface area contributed by atoms with E-state index in [0.717, 1.165) is 11.1 Å². The second-order valence-electron chi connectivity index (χ2n) is 6.89. The van der Waals surface area contributed by atoms with Crippen molar-refractivity contribution >= 4 is 23.6 Å². The zero-order chi connectivity index (χ0) is 22.5. The zero-order valence-electron chi connectivity index (χ0n) is 16.9. The van der Waals surface area contributed by atoms with E-state index in [1.807, 2.05) is 30.3 Å². The molecule has 0 fully saturated rings. The average molecular weight is 426 g/mol. The molecule has 4 rings (SSSR count). The van der Waals surface area contributed by atoms with Gasteiger partial charge in [-0.1, -0.05) is 49.0 Å². The molecule has 1 aliphatic heterocycles. The van der Waals surface area contributed by atoms with Crippen molar-refractivity contribution in [2.75, 3.05) is 0 Å². The Balaban J connectivity index is 1.49. The Morgan fingerprint density at radius 3 is 2.31 bits per heavy atom. The predicted molar refractivity (Wildman–Crippen MR) is 120 cm³/mol.